The van der Waals surface area contributed by atoms with E-state index in [0.717, 1.165) is 21.5 Å². The van der Waals surface area contributed by atoms with Gasteiger partial charge in [-0.2, -0.15) is 0 Å². The summed E-state index contributed by atoms with van der Waals surface area (Å²) in [5.74, 6) is 1.43. The van der Waals surface area contributed by atoms with Crippen molar-refractivity contribution in [3.63, 3.8) is 0 Å². The van der Waals surface area contributed by atoms with Gasteiger partial charge in [0, 0.05) is 28.6 Å². The summed E-state index contributed by atoms with van der Waals surface area (Å²) in [6, 6.07) is 7.68. The molecule has 20 heavy (non-hydrogen) atoms. The van der Waals surface area contributed by atoms with E-state index in [1.165, 1.54) is 0 Å². The standard InChI is InChI=1S/C15H17BrClN3/c1-15(2,3)12-8-13(18-4)20-14(19-12)10-6-5-9(16)7-11(10)17/h5-8H,1-4H3,(H,18,19,20). The molecular weight excluding hydrogens is 338 g/mol. The largest absolute Gasteiger partial charge is 0.373 e. The summed E-state index contributed by atoms with van der Waals surface area (Å²) in [7, 11) is 1.85. The first-order valence-corrected chi connectivity index (χ1v) is 7.51. The van der Waals surface area contributed by atoms with Crippen molar-refractivity contribution in [3.05, 3.63) is 39.5 Å². The van der Waals surface area contributed by atoms with E-state index in [0.29, 0.717) is 10.8 Å². The number of rotatable bonds is 2. The minimum absolute atomic E-state index is 0.0505. The van der Waals surface area contributed by atoms with Gasteiger partial charge in [-0.1, -0.05) is 48.3 Å². The van der Waals surface area contributed by atoms with Crippen LogP contribution in [0.5, 0.6) is 0 Å². The highest BCUT2D eigenvalue weighted by Crippen LogP contribution is 2.31. The Labute approximate surface area is 132 Å². The Morgan fingerprint density at radius 2 is 1.85 bits per heavy atom. The number of hydrogen-bond acceptors (Lipinski definition) is 3. The highest BCUT2D eigenvalue weighted by Gasteiger charge is 2.19. The number of nitrogens with zero attached hydrogens (tertiary/aromatic N) is 2. The van der Waals surface area contributed by atoms with Gasteiger partial charge < -0.3 is 5.32 Å². The number of hydrogen-bond donors (Lipinski definition) is 1. The van der Waals surface area contributed by atoms with Crippen molar-refractivity contribution in [3.8, 4) is 11.4 Å². The van der Waals surface area contributed by atoms with Gasteiger partial charge in [0.05, 0.1) is 10.7 Å². The van der Waals surface area contributed by atoms with Crippen LogP contribution in [0.3, 0.4) is 0 Å². The summed E-state index contributed by atoms with van der Waals surface area (Å²) in [6.07, 6.45) is 0. The van der Waals surface area contributed by atoms with Crippen LogP contribution in [0.1, 0.15) is 26.5 Å². The zero-order chi connectivity index (χ0) is 14.9. The van der Waals surface area contributed by atoms with Gasteiger partial charge in [0.2, 0.25) is 0 Å². The van der Waals surface area contributed by atoms with E-state index >= 15 is 0 Å². The van der Waals surface area contributed by atoms with E-state index in [2.05, 4.69) is 52.0 Å². The summed E-state index contributed by atoms with van der Waals surface area (Å²) in [4.78, 5) is 9.17. The fourth-order valence-electron chi connectivity index (χ4n) is 1.75. The Bertz CT molecular complexity index is 636. The molecule has 3 nitrogen and oxygen atoms in total. The second kappa shape index (κ2) is 5.70. The molecule has 5 heteroatoms. The summed E-state index contributed by atoms with van der Waals surface area (Å²) < 4.78 is 0.937. The first kappa shape index (κ1) is 15.3. The van der Waals surface area contributed by atoms with Gasteiger partial charge >= 0.3 is 0 Å². The molecular formula is C15H17BrClN3. The van der Waals surface area contributed by atoms with Crippen molar-refractivity contribution in [2.75, 3.05) is 12.4 Å². The molecule has 0 fully saturated rings. The minimum Gasteiger partial charge on any atom is -0.373 e. The molecule has 2 aromatic rings. The van der Waals surface area contributed by atoms with Crippen LogP contribution in [-0.4, -0.2) is 17.0 Å². The molecule has 0 radical (unpaired) electrons. The topological polar surface area (TPSA) is 37.8 Å². The van der Waals surface area contributed by atoms with Crippen molar-refractivity contribution in [2.45, 2.75) is 26.2 Å². The van der Waals surface area contributed by atoms with Crippen LogP contribution in [0, 0.1) is 0 Å². The SMILES string of the molecule is CNc1cc(C(C)(C)C)nc(-c2ccc(Br)cc2Cl)n1. The van der Waals surface area contributed by atoms with Gasteiger partial charge in [-0.05, 0) is 18.2 Å². The average Bonchev–Trinajstić information content (AvgIpc) is 2.37. The van der Waals surface area contributed by atoms with Gasteiger partial charge in [-0.15, -0.1) is 0 Å². The van der Waals surface area contributed by atoms with Gasteiger partial charge in [-0.25, -0.2) is 9.97 Å². The highest BCUT2D eigenvalue weighted by atomic mass is 79.9. The molecule has 0 atom stereocenters. The summed E-state index contributed by atoms with van der Waals surface area (Å²) >= 11 is 9.70. The maximum atomic E-state index is 6.30. The lowest BCUT2D eigenvalue weighted by Crippen LogP contribution is -2.15. The third-order valence-electron chi connectivity index (χ3n) is 2.92. The third kappa shape index (κ3) is 3.30. The van der Waals surface area contributed by atoms with Crippen LogP contribution in [0.2, 0.25) is 5.02 Å². The number of benzene rings is 1. The molecule has 0 unspecified atom stereocenters. The molecule has 2 rings (SSSR count). The number of aromatic nitrogens is 2. The highest BCUT2D eigenvalue weighted by molar-refractivity contribution is 9.10. The van der Waals surface area contributed by atoms with Gasteiger partial charge in [0.1, 0.15) is 5.82 Å². The van der Waals surface area contributed by atoms with E-state index in [1.54, 1.807) is 0 Å². The molecule has 0 aliphatic heterocycles. The van der Waals surface area contributed by atoms with E-state index in [4.69, 9.17) is 11.6 Å². The zero-order valence-electron chi connectivity index (χ0n) is 12.0. The molecule has 0 saturated carbocycles. The van der Waals surface area contributed by atoms with Gasteiger partial charge in [-0.3, -0.25) is 0 Å². The quantitative estimate of drug-likeness (QED) is 0.833. The predicted octanol–water partition coefficient (Wildman–Crippen LogP) is 4.90. The monoisotopic (exact) mass is 353 g/mol. The molecule has 0 saturated heterocycles. The normalized spacial score (nSPS) is 11.5. The summed E-state index contributed by atoms with van der Waals surface area (Å²) in [5, 5.41) is 3.71. The number of nitrogens with one attached hydrogen (secondary N) is 1. The lowest BCUT2D eigenvalue weighted by molar-refractivity contribution is 0.568. The van der Waals surface area contributed by atoms with Crippen LogP contribution in [0.15, 0.2) is 28.7 Å². The Balaban J connectivity index is 2.61. The van der Waals surface area contributed by atoms with E-state index in [9.17, 15) is 0 Å². The first-order chi connectivity index (χ1) is 9.31. The Morgan fingerprint density at radius 1 is 1.15 bits per heavy atom. The Hall–Kier alpha value is -1.13. The smallest absolute Gasteiger partial charge is 0.163 e. The second-order valence-electron chi connectivity index (χ2n) is 5.59. The van der Waals surface area contributed by atoms with Crippen LogP contribution in [0.4, 0.5) is 5.82 Å². The summed E-state index contributed by atoms with van der Waals surface area (Å²) in [6.45, 7) is 6.38. The molecule has 0 spiro atoms. The van der Waals surface area contributed by atoms with Crippen LogP contribution in [-0.2, 0) is 5.41 Å². The molecule has 1 aromatic carbocycles. The third-order valence-corrected chi connectivity index (χ3v) is 3.73. The van der Waals surface area contributed by atoms with Crippen molar-refractivity contribution in [2.24, 2.45) is 0 Å². The predicted molar refractivity (Wildman–Crippen MR) is 88.4 cm³/mol. The molecule has 0 amide bonds. The van der Waals surface area contributed by atoms with Gasteiger partial charge in [0.25, 0.3) is 0 Å². The number of anilines is 1. The molecule has 0 aliphatic rings. The van der Waals surface area contributed by atoms with Crippen molar-refractivity contribution < 1.29 is 0 Å². The molecule has 0 aliphatic carbocycles. The second-order valence-corrected chi connectivity index (χ2v) is 6.91. The lowest BCUT2D eigenvalue weighted by atomic mass is 9.92. The fourth-order valence-corrected chi connectivity index (χ4v) is 2.51. The molecule has 1 N–H and O–H groups in total. The Morgan fingerprint density at radius 3 is 2.40 bits per heavy atom. The van der Waals surface area contributed by atoms with Crippen LogP contribution < -0.4 is 5.32 Å². The van der Waals surface area contributed by atoms with Crippen molar-refractivity contribution >= 4 is 33.3 Å². The maximum Gasteiger partial charge on any atom is 0.163 e. The average molecular weight is 355 g/mol. The van der Waals surface area contributed by atoms with Crippen LogP contribution >= 0.6 is 27.5 Å². The first-order valence-electron chi connectivity index (χ1n) is 6.34. The minimum atomic E-state index is -0.0505. The van der Waals surface area contributed by atoms with E-state index < -0.39 is 0 Å². The van der Waals surface area contributed by atoms with Crippen molar-refractivity contribution in [1.82, 2.24) is 9.97 Å². The molecule has 0 bridgehead atoms. The number of halogens is 2. The summed E-state index contributed by atoms with van der Waals surface area (Å²) in [5.41, 5.74) is 1.76. The van der Waals surface area contributed by atoms with Gasteiger partial charge in [0.15, 0.2) is 5.82 Å². The lowest BCUT2D eigenvalue weighted by Gasteiger charge is -2.19. The molecule has 106 valence electrons. The van der Waals surface area contributed by atoms with Crippen molar-refractivity contribution in [1.29, 1.82) is 0 Å². The van der Waals surface area contributed by atoms with E-state index in [-0.39, 0.29) is 5.41 Å². The maximum absolute atomic E-state index is 6.30. The molecule has 1 heterocycles. The van der Waals surface area contributed by atoms with Crippen LogP contribution in [0.25, 0.3) is 11.4 Å². The van der Waals surface area contributed by atoms with E-state index in [1.807, 2.05) is 31.3 Å². The fraction of sp³-hybridized carbons (Fsp3) is 0.333. The molecule has 1 aromatic heterocycles. The zero-order valence-corrected chi connectivity index (χ0v) is 14.3. The Kier molecular flexibility index (Phi) is 4.35.